The summed E-state index contributed by atoms with van der Waals surface area (Å²) < 4.78 is 35.4. The average Bonchev–Trinajstić information content (AvgIpc) is 2.51. The van der Waals surface area contributed by atoms with Crippen LogP contribution in [0, 0.1) is 0 Å². The van der Waals surface area contributed by atoms with Crippen LogP contribution in [0.15, 0.2) is 60.7 Å². The van der Waals surface area contributed by atoms with Crippen molar-refractivity contribution < 1.29 is 36.0 Å². The van der Waals surface area contributed by atoms with Crippen molar-refractivity contribution in [2.24, 2.45) is 0 Å². The molecule has 0 aliphatic heterocycles. The molecule has 0 aliphatic carbocycles. The Bertz CT molecular complexity index is 625. The molecule has 0 fully saturated rings. The molecule has 0 N–H and O–H groups in total. The van der Waals surface area contributed by atoms with Gasteiger partial charge in [-0.1, -0.05) is 60.7 Å². The summed E-state index contributed by atoms with van der Waals surface area (Å²) in [6.45, 7) is -0.0431. The SMILES string of the molecule is O=S(=O)([O-])OCCCCP(c1ccccc1)c1ccccc1.[Li+]. The van der Waals surface area contributed by atoms with Gasteiger partial charge in [0.15, 0.2) is 0 Å². The van der Waals surface area contributed by atoms with Crippen molar-refractivity contribution in [2.75, 3.05) is 12.8 Å². The van der Waals surface area contributed by atoms with Gasteiger partial charge in [-0.15, -0.1) is 0 Å². The third-order valence-corrected chi connectivity index (χ3v) is 6.20. The second-order valence-corrected chi connectivity index (χ2v) is 8.15. The van der Waals surface area contributed by atoms with Crippen LogP contribution in [-0.4, -0.2) is 25.7 Å². The maximum atomic E-state index is 10.4. The van der Waals surface area contributed by atoms with Crippen molar-refractivity contribution in [3.8, 4) is 0 Å². The zero-order chi connectivity index (χ0) is 15.8. The second kappa shape index (κ2) is 10.3. The minimum Gasteiger partial charge on any atom is -0.726 e. The van der Waals surface area contributed by atoms with Gasteiger partial charge in [0.2, 0.25) is 10.4 Å². The first-order valence-corrected chi connectivity index (χ1v) is 9.90. The van der Waals surface area contributed by atoms with Crippen LogP contribution >= 0.6 is 7.92 Å². The fourth-order valence-corrected chi connectivity index (χ4v) is 4.90. The van der Waals surface area contributed by atoms with Crippen LogP contribution in [-0.2, 0) is 14.6 Å². The molecule has 2 aromatic rings. The van der Waals surface area contributed by atoms with Crippen LogP contribution in [0.25, 0.3) is 0 Å². The maximum absolute atomic E-state index is 10.4. The number of benzene rings is 2. The Morgan fingerprint density at radius 2 is 1.35 bits per heavy atom. The molecule has 0 spiro atoms. The van der Waals surface area contributed by atoms with E-state index in [2.05, 4.69) is 28.4 Å². The number of unbranched alkanes of at least 4 members (excludes halogenated alkanes) is 1. The van der Waals surface area contributed by atoms with Gasteiger partial charge in [-0.3, -0.25) is 4.18 Å². The Labute approximate surface area is 151 Å². The topological polar surface area (TPSA) is 66.4 Å². The van der Waals surface area contributed by atoms with E-state index in [-0.39, 0.29) is 25.5 Å². The maximum Gasteiger partial charge on any atom is 1.00 e. The average molecular weight is 344 g/mol. The van der Waals surface area contributed by atoms with Crippen LogP contribution in [0.3, 0.4) is 0 Å². The molecule has 0 saturated heterocycles. The Hall–Kier alpha value is -0.663. The molecule has 7 heteroatoms. The van der Waals surface area contributed by atoms with Crippen LogP contribution in [0.5, 0.6) is 0 Å². The summed E-state index contributed by atoms with van der Waals surface area (Å²) in [6, 6.07) is 20.6. The Kier molecular flexibility index (Phi) is 9.09. The molecule has 0 saturated carbocycles. The first-order chi connectivity index (χ1) is 10.6. The zero-order valence-electron chi connectivity index (χ0n) is 13.1. The summed E-state index contributed by atoms with van der Waals surface area (Å²) in [7, 11) is -5.05. The summed E-state index contributed by atoms with van der Waals surface area (Å²) >= 11 is 0. The van der Waals surface area contributed by atoms with E-state index in [4.69, 9.17) is 0 Å². The van der Waals surface area contributed by atoms with Gasteiger partial charge in [-0.25, -0.2) is 8.42 Å². The zero-order valence-corrected chi connectivity index (χ0v) is 14.8. The predicted molar refractivity (Wildman–Crippen MR) is 88.8 cm³/mol. The largest absolute Gasteiger partial charge is 1.00 e. The molecule has 2 aromatic carbocycles. The summed E-state index contributed by atoms with van der Waals surface area (Å²) in [4.78, 5) is 0. The van der Waals surface area contributed by atoms with Gasteiger partial charge in [0.25, 0.3) is 0 Å². The molecule has 0 radical (unpaired) electrons. The van der Waals surface area contributed by atoms with E-state index in [0.717, 1.165) is 12.6 Å². The van der Waals surface area contributed by atoms with E-state index in [9.17, 15) is 13.0 Å². The van der Waals surface area contributed by atoms with Crippen LogP contribution in [0.4, 0.5) is 0 Å². The molecule has 0 aliphatic rings. The predicted octanol–water partition coefficient (Wildman–Crippen LogP) is -0.620. The minimum atomic E-state index is -4.57. The summed E-state index contributed by atoms with van der Waals surface area (Å²) in [5.41, 5.74) is 0. The molecule has 0 heterocycles. The fraction of sp³-hybridized carbons (Fsp3) is 0.250. The number of rotatable bonds is 8. The molecule has 23 heavy (non-hydrogen) atoms. The van der Waals surface area contributed by atoms with E-state index < -0.39 is 18.3 Å². The molecule has 0 amide bonds. The molecular weight excluding hydrogens is 326 g/mol. The van der Waals surface area contributed by atoms with Gasteiger partial charge in [0, 0.05) is 0 Å². The Morgan fingerprint density at radius 1 is 0.870 bits per heavy atom. The van der Waals surface area contributed by atoms with Crippen molar-refractivity contribution in [1.82, 2.24) is 0 Å². The van der Waals surface area contributed by atoms with Gasteiger partial charge in [-0.05, 0) is 37.5 Å². The molecule has 0 atom stereocenters. The van der Waals surface area contributed by atoms with Crippen LogP contribution < -0.4 is 29.5 Å². The van der Waals surface area contributed by atoms with Gasteiger partial charge in [0.05, 0.1) is 6.61 Å². The van der Waals surface area contributed by atoms with Crippen LogP contribution in [0.2, 0.25) is 0 Å². The summed E-state index contributed by atoms with van der Waals surface area (Å²) in [5.74, 6) is 0. The van der Waals surface area contributed by atoms with Gasteiger partial charge < -0.3 is 4.55 Å². The monoisotopic (exact) mass is 344 g/mol. The third kappa shape index (κ3) is 7.63. The van der Waals surface area contributed by atoms with E-state index >= 15 is 0 Å². The van der Waals surface area contributed by atoms with E-state index in [0.29, 0.717) is 6.42 Å². The molecule has 0 bridgehead atoms. The van der Waals surface area contributed by atoms with Crippen molar-refractivity contribution in [3.63, 3.8) is 0 Å². The quantitative estimate of drug-likeness (QED) is 0.211. The van der Waals surface area contributed by atoms with E-state index in [1.165, 1.54) is 10.6 Å². The minimum absolute atomic E-state index is 0. The summed E-state index contributed by atoms with van der Waals surface area (Å²) in [6.07, 6.45) is 2.30. The van der Waals surface area contributed by atoms with Gasteiger partial charge in [0.1, 0.15) is 0 Å². The van der Waals surface area contributed by atoms with Gasteiger partial charge >= 0.3 is 18.9 Å². The fourth-order valence-electron chi connectivity index (χ4n) is 2.16. The molecule has 0 aromatic heterocycles. The van der Waals surface area contributed by atoms with E-state index in [1.807, 2.05) is 36.4 Å². The van der Waals surface area contributed by atoms with Gasteiger partial charge in [-0.2, -0.15) is 0 Å². The molecular formula is C16H18LiO4PS. The smallest absolute Gasteiger partial charge is 0.726 e. The molecule has 4 nitrogen and oxygen atoms in total. The normalized spacial score (nSPS) is 11.2. The van der Waals surface area contributed by atoms with Crippen molar-refractivity contribution in [2.45, 2.75) is 12.8 Å². The standard InChI is InChI=1S/C16H19O4PS.Li/c17-22(18,19)20-13-7-8-14-21(15-9-3-1-4-10-15)16-11-5-2-6-12-16;/h1-6,9-12H,7-8,13-14H2,(H,17,18,19);/q;+1/p-1. The van der Waals surface area contributed by atoms with E-state index in [1.54, 1.807) is 0 Å². The first kappa shape index (κ1) is 20.4. The molecule has 118 valence electrons. The molecule has 2 rings (SSSR count). The molecule has 0 unspecified atom stereocenters. The Morgan fingerprint density at radius 3 is 1.78 bits per heavy atom. The summed E-state index contributed by atoms with van der Waals surface area (Å²) in [5, 5.41) is 2.59. The van der Waals surface area contributed by atoms with Crippen molar-refractivity contribution in [1.29, 1.82) is 0 Å². The van der Waals surface area contributed by atoms with Crippen molar-refractivity contribution >= 4 is 28.9 Å². The third-order valence-electron chi connectivity index (χ3n) is 3.14. The van der Waals surface area contributed by atoms with Crippen LogP contribution in [0.1, 0.15) is 12.8 Å². The second-order valence-electron chi connectivity index (χ2n) is 4.76. The first-order valence-electron chi connectivity index (χ1n) is 7.04. The van der Waals surface area contributed by atoms with Crippen molar-refractivity contribution in [3.05, 3.63) is 60.7 Å². The number of hydrogen-bond acceptors (Lipinski definition) is 4. The Balaban J connectivity index is 0.00000264. The number of hydrogen-bond donors (Lipinski definition) is 0.